The molecule has 0 aromatic heterocycles. The van der Waals surface area contributed by atoms with Gasteiger partial charge in [0.15, 0.2) is 0 Å². The lowest BCUT2D eigenvalue weighted by Gasteiger charge is -2.18. The highest BCUT2D eigenvalue weighted by Gasteiger charge is 2.13. The molecule has 106 valence electrons. The fourth-order valence-corrected chi connectivity index (χ4v) is 2.13. The molecule has 0 heterocycles. The van der Waals surface area contributed by atoms with E-state index in [0.717, 1.165) is 5.56 Å². The van der Waals surface area contributed by atoms with E-state index in [1.807, 2.05) is 6.07 Å². The summed E-state index contributed by atoms with van der Waals surface area (Å²) in [6.45, 7) is 0.364. The lowest BCUT2D eigenvalue weighted by molar-refractivity contribution is 0.0785. The molecule has 2 rings (SSSR count). The Morgan fingerprint density at radius 2 is 1.95 bits per heavy atom. The van der Waals surface area contributed by atoms with E-state index < -0.39 is 0 Å². The molecule has 0 atom stereocenters. The standard InChI is InChI=1S/C16H14ClN3O/c1-20(10-13-8-14(19)6-7-15(13)17)16(21)12-4-2-11(9-18)3-5-12/h2-8H,10,19H2,1H3. The number of hydrogen-bond donors (Lipinski definition) is 1. The lowest BCUT2D eigenvalue weighted by atomic mass is 10.1. The van der Waals surface area contributed by atoms with Gasteiger partial charge in [0, 0.05) is 29.9 Å². The molecular weight excluding hydrogens is 286 g/mol. The van der Waals surface area contributed by atoms with Crippen molar-refractivity contribution in [1.29, 1.82) is 5.26 Å². The van der Waals surface area contributed by atoms with E-state index in [9.17, 15) is 4.79 Å². The van der Waals surface area contributed by atoms with Crippen LogP contribution in [0.5, 0.6) is 0 Å². The molecule has 5 heteroatoms. The van der Waals surface area contributed by atoms with Crippen molar-refractivity contribution in [3.05, 3.63) is 64.2 Å². The van der Waals surface area contributed by atoms with Gasteiger partial charge in [-0.1, -0.05) is 11.6 Å². The summed E-state index contributed by atoms with van der Waals surface area (Å²) in [5.41, 5.74) is 8.17. The van der Waals surface area contributed by atoms with Gasteiger partial charge in [-0.05, 0) is 48.0 Å². The van der Waals surface area contributed by atoms with Crippen molar-refractivity contribution in [3.8, 4) is 6.07 Å². The minimum atomic E-state index is -0.141. The van der Waals surface area contributed by atoms with Gasteiger partial charge in [-0.15, -0.1) is 0 Å². The van der Waals surface area contributed by atoms with Gasteiger partial charge in [0.05, 0.1) is 11.6 Å². The van der Waals surface area contributed by atoms with E-state index in [2.05, 4.69) is 0 Å². The van der Waals surface area contributed by atoms with Crippen LogP contribution in [0.3, 0.4) is 0 Å². The summed E-state index contributed by atoms with van der Waals surface area (Å²) in [6.07, 6.45) is 0. The van der Waals surface area contributed by atoms with Crippen molar-refractivity contribution in [2.75, 3.05) is 12.8 Å². The molecule has 0 bridgehead atoms. The van der Waals surface area contributed by atoms with Crippen LogP contribution in [0.25, 0.3) is 0 Å². The molecule has 0 aliphatic carbocycles. The molecule has 2 N–H and O–H groups in total. The first-order valence-corrected chi connectivity index (χ1v) is 6.68. The van der Waals surface area contributed by atoms with Crippen LogP contribution in [0, 0.1) is 11.3 Å². The Morgan fingerprint density at radius 1 is 1.29 bits per heavy atom. The normalized spacial score (nSPS) is 9.95. The summed E-state index contributed by atoms with van der Waals surface area (Å²) < 4.78 is 0. The number of carbonyl (C=O) groups is 1. The summed E-state index contributed by atoms with van der Waals surface area (Å²) in [6, 6.07) is 13.7. The molecule has 0 aliphatic heterocycles. The van der Waals surface area contributed by atoms with E-state index in [-0.39, 0.29) is 5.91 Å². The van der Waals surface area contributed by atoms with E-state index >= 15 is 0 Å². The first-order chi connectivity index (χ1) is 10.0. The summed E-state index contributed by atoms with van der Waals surface area (Å²) in [4.78, 5) is 13.9. The number of anilines is 1. The zero-order valence-corrected chi connectivity index (χ0v) is 12.3. The van der Waals surface area contributed by atoms with Gasteiger partial charge < -0.3 is 10.6 Å². The van der Waals surface area contributed by atoms with Crippen LogP contribution in [0.2, 0.25) is 5.02 Å². The van der Waals surface area contributed by atoms with Crippen molar-refractivity contribution in [2.24, 2.45) is 0 Å². The Balaban J connectivity index is 2.15. The van der Waals surface area contributed by atoms with Crippen LogP contribution < -0.4 is 5.73 Å². The predicted octanol–water partition coefficient (Wildman–Crippen LogP) is 3.07. The predicted molar refractivity (Wildman–Crippen MR) is 82.8 cm³/mol. The zero-order chi connectivity index (χ0) is 15.4. The summed E-state index contributed by atoms with van der Waals surface area (Å²) in [7, 11) is 1.69. The zero-order valence-electron chi connectivity index (χ0n) is 11.5. The third kappa shape index (κ3) is 3.53. The number of rotatable bonds is 3. The molecule has 0 saturated carbocycles. The summed E-state index contributed by atoms with van der Waals surface area (Å²) in [5.74, 6) is -0.141. The average Bonchev–Trinajstić information content (AvgIpc) is 2.50. The van der Waals surface area contributed by atoms with Gasteiger partial charge >= 0.3 is 0 Å². The van der Waals surface area contributed by atoms with Crippen molar-refractivity contribution in [1.82, 2.24) is 4.90 Å². The van der Waals surface area contributed by atoms with E-state index in [1.54, 1.807) is 54.4 Å². The monoisotopic (exact) mass is 299 g/mol. The molecule has 0 radical (unpaired) electrons. The summed E-state index contributed by atoms with van der Waals surface area (Å²) >= 11 is 6.10. The molecule has 0 aliphatic rings. The Labute approximate surface area is 128 Å². The molecule has 2 aromatic carbocycles. The van der Waals surface area contributed by atoms with Gasteiger partial charge in [0.25, 0.3) is 5.91 Å². The number of amides is 1. The number of nitrogens with zero attached hydrogens (tertiary/aromatic N) is 2. The van der Waals surface area contributed by atoms with E-state index in [4.69, 9.17) is 22.6 Å². The number of carbonyl (C=O) groups excluding carboxylic acids is 1. The SMILES string of the molecule is CN(Cc1cc(N)ccc1Cl)C(=O)c1ccc(C#N)cc1. The second-order valence-electron chi connectivity index (χ2n) is 4.70. The first-order valence-electron chi connectivity index (χ1n) is 6.31. The lowest BCUT2D eigenvalue weighted by Crippen LogP contribution is -2.26. The maximum absolute atomic E-state index is 12.3. The minimum Gasteiger partial charge on any atom is -0.399 e. The maximum atomic E-state index is 12.3. The molecule has 2 aromatic rings. The fourth-order valence-electron chi connectivity index (χ4n) is 1.95. The molecule has 0 saturated heterocycles. The largest absolute Gasteiger partial charge is 0.399 e. The van der Waals surface area contributed by atoms with Crippen LogP contribution in [0.4, 0.5) is 5.69 Å². The number of nitrogen functional groups attached to an aromatic ring is 1. The Kier molecular flexibility index (Phi) is 4.46. The molecule has 21 heavy (non-hydrogen) atoms. The molecule has 0 spiro atoms. The highest BCUT2D eigenvalue weighted by atomic mass is 35.5. The second kappa shape index (κ2) is 6.29. The van der Waals surface area contributed by atoms with E-state index in [1.165, 1.54) is 0 Å². The third-order valence-corrected chi connectivity index (χ3v) is 3.45. The molecule has 4 nitrogen and oxygen atoms in total. The Bertz CT molecular complexity index is 704. The van der Waals surface area contributed by atoms with Crippen LogP contribution in [0.15, 0.2) is 42.5 Å². The number of hydrogen-bond acceptors (Lipinski definition) is 3. The third-order valence-electron chi connectivity index (χ3n) is 3.08. The van der Waals surface area contributed by atoms with Gasteiger partial charge in [0.2, 0.25) is 0 Å². The van der Waals surface area contributed by atoms with Crippen molar-refractivity contribution < 1.29 is 4.79 Å². The Morgan fingerprint density at radius 3 is 2.57 bits per heavy atom. The quantitative estimate of drug-likeness (QED) is 0.885. The maximum Gasteiger partial charge on any atom is 0.253 e. The Hall–Kier alpha value is -2.51. The van der Waals surface area contributed by atoms with Crippen LogP contribution in [-0.2, 0) is 6.54 Å². The fraction of sp³-hybridized carbons (Fsp3) is 0.125. The van der Waals surface area contributed by atoms with Crippen molar-refractivity contribution >= 4 is 23.2 Å². The smallest absolute Gasteiger partial charge is 0.253 e. The molecular formula is C16H14ClN3O. The van der Waals surface area contributed by atoms with Crippen LogP contribution in [0.1, 0.15) is 21.5 Å². The van der Waals surface area contributed by atoms with Crippen molar-refractivity contribution in [2.45, 2.75) is 6.54 Å². The molecule has 0 fully saturated rings. The highest BCUT2D eigenvalue weighted by Crippen LogP contribution is 2.21. The van der Waals surface area contributed by atoms with Gasteiger partial charge in [-0.25, -0.2) is 0 Å². The number of nitrogens with two attached hydrogens (primary N) is 1. The number of halogens is 1. The van der Waals surface area contributed by atoms with Crippen LogP contribution in [-0.4, -0.2) is 17.9 Å². The number of benzene rings is 2. The van der Waals surface area contributed by atoms with E-state index in [0.29, 0.717) is 28.4 Å². The van der Waals surface area contributed by atoms with Crippen molar-refractivity contribution in [3.63, 3.8) is 0 Å². The first kappa shape index (κ1) is 14.9. The molecule has 0 unspecified atom stereocenters. The minimum absolute atomic E-state index is 0.141. The van der Waals surface area contributed by atoms with Crippen LogP contribution >= 0.6 is 11.6 Å². The summed E-state index contributed by atoms with van der Waals surface area (Å²) in [5, 5.41) is 9.33. The van der Waals surface area contributed by atoms with Gasteiger partial charge in [-0.2, -0.15) is 5.26 Å². The second-order valence-corrected chi connectivity index (χ2v) is 5.11. The average molecular weight is 300 g/mol. The van der Waals surface area contributed by atoms with Gasteiger partial charge in [-0.3, -0.25) is 4.79 Å². The highest BCUT2D eigenvalue weighted by molar-refractivity contribution is 6.31. The topological polar surface area (TPSA) is 70.1 Å². The van der Waals surface area contributed by atoms with Gasteiger partial charge in [0.1, 0.15) is 0 Å². The number of nitriles is 1. The molecule has 1 amide bonds.